The van der Waals surface area contributed by atoms with E-state index in [0.29, 0.717) is 11.4 Å². The van der Waals surface area contributed by atoms with Gasteiger partial charge in [0.15, 0.2) is 0 Å². The Morgan fingerprint density at radius 2 is 1.96 bits per heavy atom. The lowest BCUT2D eigenvalue weighted by atomic mass is 10.0. The van der Waals surface area contributed by atoms with E-state index in [0.717, 1.165) is 11.1 Å². The van der Waals surface area contributed by atoms with Gasteiger partial charge in [0.05, 0.1) is 0 Å². The molecular weight excluding hydrogens is 305 g/mol. The number of halogens is 1. The van der Waals surface area contributed by atoms with Crippen molar-refractivity contribution >= 4 is 5.91 Å². The monoisotopic (exact) mass is 323 g/mol. The van der Waals surface area contributed by atoms with Crippen LogP contribution in [0.2, 0.25) is 0 Å². The van der Waals surface area contributed by atoms with Crippen LogP contribution in [0.4, 0.5) is 4.39 Å². The Morgan fingerprint density at radius 1 is 1.21 bits per heavy atom. The summed E-state index contributed by atoms with van der Waals surface area (Å²) in [6.07, 6.45) is 3.48. The Kier molecular flexibility index (Phi) is 4.42. The Labute approximate surface area is 140 Å². The highest BCUT2D eigenvalue weighted by molar-refractivity contribution is 5.94. The summed E-state index contributed by atoms with van der Waals surface area (Å²) < 4.78 is 15.1. The molecule has 0 saturated carbocycles. The molecule has 5 heteroatoms. The van der Waals surface area contributed by atoms with E-state index in [9.17, 15) is 9.18 Å². The molecule has 0 unspecified atom stereocenters. The van der Waals surface area contributed by atoms with Gasteiger partial charge in [-0.15, -0.1) is 0 Å². The molecule has 1 heterocycles. The van der Waals surface area contributed by atoms with Crippen LogP contribution in [-0.2, 0) is 7.05 Å². The highest BCUT2D eigenvalue weighted by atomic mass is 19.1. The average Bonchev–Trinajstić information content (AvgIpc) is 2.99. The van der Waals surface area contributed by atoms with Crippen LogP contribution >= 0.6 is 0 Å². The van der Waals surface area contributed by atoms with Crippen molar-refractivity contribution in [1.82, 2.24) is 14.9 Å². The van der Waals surface area contributed by atoms with E-state index in [4.69, 9.17) is 0 Å². The Hall–Kier alpha value is -2.95. The summed E-state index contributed by atoms with van der Waals surface area (Å²) in [7, 11) is 1.86. The maximum atomic E-state index is 13.2. The minimum Gasteiger partial charge on any atom is -0.338 e. The first-order valence-electron chi connectivity index (χ1n) is 7.65. The number of carbonyl (C=O) groups excluding carboxylic acids is 1. The summed E-state index contributed by atoms with van der Waals surface area (Å²) in [4.78, 5) is 17.0. The molecule has 0 bridgehead atoms. The second-order valence-electron chi connectivity index (χ2n) is 5.72. The van der Waals surface area contributed by atoms with Gasteiger partial charge < -0.3 is 9.88 Å². The van der Waals surface area contributed by atoms with E-state index in [-0.39, 0.29) is 11.7 Å². The molecule has 24 heavy (non-hydrogen) atoms. The molecule has 0 radical (unpaired) electrons. The van der Waals surface area contributed by atoms with E-state index >= 15 is 0 Å². The number of nitrogens with one attached hydrogen (secondary N) is 1. The van der Waals surface area contributed by atoms with Crippen LogP contribution in [0.5, 0.6) is 0 Å². The van der Waals surface area contributed by atoms with Crippen LogP contribution in [0.15, 0.2) is 60.9 Å². The molecule has 1 atom stereocenters. The second-order valence-corrected chi connectivity index (χ2v) is 5.72. The third kappa shape index (κ3) is 3.35. The number of nitrogens with zero attached hydrogens (tertiary/aromatic N) is 2. The zero-order valence-electron chi connectivity index (χ0n) is 13.5. The summed E-state index contributed by atoms with van der Waals surface area (Å²) in [6, 6.07) is 13.0. The van der Waals surface area contributed by atoms with Crippen molar-refractivity contribution in [2.24, 2.45) is 7.05 Å². The first kappa shape index (κ1) is 15.9. The molecule has 122 valence electrons. The zero-order chi connectivity index (χ0) is 17.1. The molecule has 0 aliphatic rings. The third-order valence-electron chi connectivity index (χ3n) is 3.88. The number of hydrogen-bond acceptors (Lipinski definition) is 2. The van der Waals surface area contributed by atoms with Crippen LogP contribution in [-0.4, -0.2) is 15.5 Å². The Bertz CT molecular complexity index is 855. The van der Waals surface area contributed by atoms with Gasteiger partial charge >= 0.3 is 0 Å². The standard InChI is InChI=1S/C19H18FN3O/c1-13-4-3-5-15(12-13)19(24)22-17(18-21-10-11-23(18)2)14-6-8-16(20)9-7-14/h3-12,17H,1-2H3,(H,22,24)/t17-/m0/s1. The smallest absolute Gasteiger partial charge is 0.252 e. The van der Waals surface area contributed by atoms with Gasteiger partial charge in [-0.25, -0.2) is 9.37 Å². The normalized spacial score (nSPS) is 12.0. The number of carbonyl (C=O) groups is 1. The van der Waals surface area contributed by atoms with E-state index in [1.165, 1.54) is 12.1 Å². The van der Waals surface area contributed by atoms with E-state index in [1.807, 2.05) is 42.9 Å². The number of benzene rings is 2. The molecule has 0 aliphatic heterocycles. The van der Waals surface area contributed by atoms with Crippen LogP contribution in [0, 0.1) is 12.7 Å². The molecule has 0 aliphatic carbocycles. The molecule has 1 N–H and O–H groups in total. The number of imidazole rings is 1. The van der Waals surface area contributed by atoms with E-state index in [1.54, 1.807) is 24.4 Å². The molecule has 0 spiro atoms. The van der Waals surface area contributed by atoms with Crippen molar-refractivity contribution in [3.05, 3.63) is 89.3 Å². The van der Waals surface area contributed by atoms with Gasteiger partial charge in [-0.2, -0.15) is 0 Å². The van der Waals surface area contributed by atoms with Crippen molar-refractivity contribution in [3.63, 3.8) is 0 Å². The fraction of sp³-hybridized carbons (Fsp3) is 0.158. The van der Waals surface area contributed by atoms with Gasteiger partial charge in [-0.3, -0.25) is 4.79 Å². The molecule has 0 saturated heterocycles. The SMILES string of the molecule is Cc1cccc(C(=O)N[C@@H](c2ccc(F)cc2)c2nccn2C)c1. The summed E-state index contributed by atoms with van der Waals surface area (Å²) in [5.74, 6) is 0.168. The lowest BCUT2D eigenvalue weighted by Gasteiger charge is -2.19. The molecular formula is C19H18FN3O. The van der Waals surface area contributed by atoms with Gasteiger partial charge in [-0.1, -0.05) is 29.8 Å². The maximum absolute atomic E-state index is 13.2. The summed E-state index contributed by atoms with van der Waals surface area (Å²) >= 11 is 0. The first-order chi connectivity index (χ1) is 11.5. The number of amides is 1. The van der Waals surface area contributed by atoms with Crippen LogP contribution < -0.4 is 5.32 Å². The minimum absolute atomic E-state index is 0.198. The first-order valence-corrected chi connectivity index (χ1v) is 7.65. The fourth-order valence-corrected chi connectivity index (χ4v) is 2.61. The number of rotatable bonds is 4. The van der Waals surface area contributed by atoms with Crippen molar-refractivity contribution in [1.29, 1.82) is 0 Å². The van der Waals surface area contributed by atoms with Crippen molar-refractivity contribution < 1.29 is 9.18 Å². The van der Waals surface area contributed by atoms with Gasteiger partial charge in [0.25, 0.3) is 5.91 Å². The second kappa shape index (κ2) is 6.66. The predicted molar refractivity (Wildman–Crippen MR) is 90.1 cm³/mol. The topological polar surface area (TPSA) is 46.9 Å². The van der Waals surface area contributed by atoms with Crippen LogP contribution in [0.25, 0.3) is 0 Å². The quantitative estimate of drug-likeness (QED) is 0.800. The molecule has 1 amide bonds. The number of aromatic nitrogens is 2. The molecule has 3 aromatic rings. The number of hydrogen-bond donors (Lipinski definition) is 1. The molecule has 3 rings (SSSR count). The molecule has 1 aromatic heterocycles. The zero-order valence-corrected chi connectivity index (χ0v) is 13.5. The summed E-state index contributed by atoms with van der Waals surface area (Å²) in [5.41, 5.74) is 2.36. The van der Waals surface area contributed by atoms with Crippen LogP contribution in [0.1, 0.15) is 33.4 Å². The molecule has 4 nitrogen and oxygen atoms in total. The van der Waals surface area contributed by atoms with Crippen molar-refractivity contribution in [2.75, 3.05) is 0 Å². The van der Waals surface area contributed by atoms with E-state index < -0.39 is 6.04 Å². The van der Waals surface area contributed by atoms with Gasteiger partial charge in [0, 0.05) is 25.0 Å². The Balaban J connectivity index is 1.95. The molecule has 2 aromatic carbocycles. The van der Waals surface area contributed by atoms with Crippen LogP contribution in [0.3, 0.4) is 0 Å². The van der Waals surface area contributed by atoms with E-state index in [2.05, 4.69) is 10.3 Å². The summed E-state index contributed by atoms with van der Waals surface area (Å²) in [5, 5.41) is 2.99. The largest absolute Gasteiger partial charge is 0.338 e. The summed E-state index contributed by atoms with van der Waals surface area (Å²) in [6.45, 7) is 1.94. The lowest BCUT2D eigenvalue weighted by molar-refractivity contribution is 0.0941. The third-order valence-corrected chi connectivity index (χ3v) is 3.88. The Morgan fingerprint density at radius 3 is 2.58 bits per heavy atom. The van der Waals surface area contributed by atoms with Crippen molar-refractivity contribution in [3.8, 4) is 0 Å². The minimum atomic E-state index is -0.460. The molecule has 0 fully saturated rings. The van der Waals surface area contributed by atoms with Gasteiger partial charge in [0.1, 0.15) is 17.7 Å². The highest BCUT2D eigenvalue weighted by Crippen LogP contribution is 2.21. The maximum Gasteiger partial charge on any atom is 0.252 e. The lowest BCUT2D eigenvalue weighted by Crippen LogP contribution is -2.31. The predicted octanol–water partition coefficient (Wildman–Crippen LogP) is 3.39. The number of aryl methyl sites for hydroxylation is 2. The highest BCUT2D eigenvalue weighted by Gasteiger charge is 2.21. The van der Waals surface area contributed by atoms with Gasteiger partial charge in [-0.05, 0) is 36.8 Å². The van der Waals surface area contributed by atoms with Crippen molar-refractivity contribution in [2.45, 2.75) is 13.0 Å². The average molecular weight is 323 g/mol. The van der Waals surface area contributed by atoms with Gasteiger partial charge in [0.2, 0.25) is 0 Å². The fourth-order valence-electron chi connectivity index (χ4n) is 2.61.